The van der Waals surface area contributed by atoms with Crippen LogP contribution in [0.15, 0.2) is 81.4 Å². The summed E-state index contributed by atoms with van der Waals surface area (Å²) in [6, 6.07) is 13.6. The predicted octanol–water partition coefficient (Wildman–Crippen LogP) is 4.96. The van der Waals surface area contributed by atoms with Crippen LogP contribution in [0.3, 0.4) is 0 Å². The molecule has 0 radical (unpaired) electrons. The van der Waals surface area contributed by atoms with Gasteiger partial charge in [0.05, 0.1) is 27.5 Å². The van der Waals surface area contributed by atoms with Crippen molar-refractivity contribution in [1.29, 1.82) is 0 Å². The Labute approximate surface area is 203 Å². The molecule has 4 aromatic rings. The number of phenols is 1. The van der Waals surface area contributed by atoms with Crippen molar-refractivity contribution in [2.24, 2.45) is 4.99 Å². The first-order valence-corrected chi connectivity index (χ1v) is 12.2. The summed E-state index contributed by atoms with van der Waals surface area (Å²) in [7, 11) is -3.60. The molecule has 0 amide bonds. The third kappa shape index (κ3) is 4.57. The molecule has 0 fully saturated rings. The Bertz CT molecular complexity index is 1680. The number of pyridine rings is 1. The van der Waals surface area contributed by atoms with Crippen LogP contribution in [0.2, 0.25) is 0 Å². The number of halogens is 3. The Morgan fingerprint density at radius 2 is 1.67 bits per heavy atom. The van der Waals surface area contributed by atoms with Crippen LogP contribution in [0.25, 0.3) is 16.5 Å². The molecule has 0 spiro atoms. The third-order valence-electron chi connectivity index (χ3n) is 5.55. The molecule has 0 atom stereocenters. The fraction of sp³-hybridized carbons (Fsp3) is 0.120. The van der Waals surface area contributed by atoms with E-state index in [-0.39, 0.29) is 44.1 Å². The van der Waals surface area contributed by atoms with Gasteiger partial charge in [-0.25, -0.2) is 13.0 Å². The van der Waals surface area contributed by atoms with Gasteiger partial charge in [-0.1, -0.05) is 31.2 Å². The quantitative estimate of drug-likeness (QED) is 0.364. The Balaban J connectivity index is 1.95. The average molecular weight is 516 g/mol. The highest BCUT2D eigenvalue weighted by molar-refractivity contribution is 7.91. The Kier molecular flexibility index (Phi) is 6.35. The second kappa shape index (κ2) is 9.15. The first-order chi connectivity index (χ1) is 16.9. The van der Waals surface area contributed by atoms with Crippen molar-refractivity contribution in [2.75, 3.05) is 5.75 Å². The number of benzene rings is 3. The van der Waals surface area contributed by atoms with Crippen molar-refractivity contribution in [2.45, 2.75) is 18.0 Å². The number of fused-ring (bicyclic) bond motifs is 1. The van der Waals surface area contributed by atoms with Crippen LogP contribution in [0.4, 0.5) is 18.9 Å². The molecule has 1 heterocycles. The van der Waals surface area contributed by atoms with Gasteiger partial charge in [-0.2, -0.15) is 13.2 Å². The lowest BCUT2D eigenvalue weighted by atomic mass is 10.1. The van der Waals surface area contributed by atoms with Crippen LogP contribution in [0, 0.1) is 0 Å². The minimum Gasteiger partial charge on any atom is -0.506 e. The van der Waals surface area contributed by atoms with E-state index in [4.69, 9.17) is 0 Å². The van der Waals surface area contributed by atoms with Crippen molar-refractivity contribution < 1.29 is 31.8 Å². The molecule has 0 aliphatic heterocycles. The molecule has 0 saturated carbocycles. The zero-order valence-electron chi connectivity index (χ0n) is 18.7. The largest absolute Gasteiger partial charge is 0.506 e. The fourth-order valence-corrected chi connectivity index (χ4v) is 4.55. The third-order valence-corrected chi connectivity index (χ3v) is 7.29. The summed E-state index contributed by atoms with van der Waals surface area (Å²) in [4.78, 5) is 17.2. The molecule has 36 heavy (non-hydrogen) atoms. The summed E-state index contributed by atoms with van der Waals surface area (Å²) in [6.45, 7) is 1.46. The average Bonchev–Trinajstić information content (AvgIpc) is 2.84. The Morgan fingerprint density at radius 3 is 2.33 bits per heavy atom. The van der Waals surface area contributed by atoms with Crippen LogP contribution in [-0.2, 0) is 16.0 Å². The number of alkyl halides is 3. The zero-order valence-corrected chi connectivity index (χ0v) is 19.5. The van der Waals surface area contributed by atoms with Crippen LogP contribution < -0.4 is 5.56 Å². The normalized spacial score (nSPS) is 12.4. The standard InChI is InChI=1S/C25H19F3N2O5S/c1-2-36(34,35)17-10-11-22(31)21(13-17)29-14-20-18-8-3-4-9-19(18)23(32)30(24(20)33)16-7-5-6-15(12-16)25(26,27)28/h3-14,31,33H,2H2,1H3. The van der Waals surface area contributed by atoms with E-state index in [1.54, 1.807) is 12.1 Å². The Morgan fingerprint density at radius 1 is 0.972 bits per heavy atom. The molecule has 0 aliphatic rings. The minimum absolute atomic E-state index is 0.0224. The number of aromatic hydroxyl groups is 2. The maximum atomic E-state index is 13.3. The summed E-state index contributed by atoms with van der Waals surface area (Å²) in [6.07, 6.45) is -3.56. The topological polar surface area (TPSA) is 109 Å². The van der Waals surface area contributed by atoms with E-state index in [1.165, 1.54) is 31.2 Å². The van der Waals surface area contributed by atoms with Crippen molar-refractivity contribution in [3.05, 3.63) is 88.2 Å². The van der Waals surface area contributed by atoms with Gasteiger partial charge >= 0.3 is 6.18 Å². The number of aliphatic imine (C=N–C) groups is 1. The number of nitrogens with zero attached hydrogens (tertiary/aromatic N) is 2. The molecule has 186 valence electrons. The molecule has 0 saturated heterocycles. The van der Waals surface area contributed by atoms with Gasteiger partial charge < -0.3 is 10.2 Å². The highest BCUT2D eigenvalue weighted by Gasteiger charge is 2.31. The Hall–Kier alpha value is -4.12. The summed E-state index contributed by atoms with van der Waals surface area (Å²) < 4.78 is 65.0. The van der Waals surface area contributed by atoms with Gasteiger partial charge in [-0.15, -0.1) is 0 Å². The lowest BCUT2D eigenvalue weighted by Crippen LogP contribution is -2.20. The molecule has 7 nitrogen and oxygen atoms in total. The number of hydrogen-bond donors (Lipinski definition) is 2. The van der Waals surface area contributed by atoms with Crippen LogP contribution in [-0.4, -0.2) is 35.2 Å². The van der Waals surface area contributed by atoms with Gasteiger partial charge in [0.25, 0.3) is 5.56 Å². The van der Waals surface area contributed by atoms with Crippen molar-refractivity contribution in [3.63, 3.8) is 0 Å². The molecular formula is C25H19F3N2O5S. The molecule has 11 heteroatoms. The molecule has 4 rings (SSSR count). The van der Waals surface area contributed by atoms with E-state index >= 15 is 0 Å². The highest BCUT2D eigenvalue weighted by atomic mass is 32.2. The summed E-state index contributed by atoms with van der Waals surface area (Å²) >= 11 is 0. The van der Waals surface area contributed by atoms with Crippen LogP contribution in [0.5, 0.6) is 11.6 Å². The SMILES string of the molecule is CCS(=O)(=O)c1ccc(O)c(N=Cc2c(O)n(-c3cccc(C(F)(F)F)c3)c(=O)c3ccccc23)c1. The lowest BCUT2D eigenvalue weighted by Gasteiger charge is -2.15. The smallest absolute Gasteiger partial charge is 0.416 e. The van der Waals surface area contributed by atoms with E-state index < -0.39 is 33.0 Å². The van der Waals surface area contributed by atoms with Gasteiger partial charge in [0.15, 0.2) is 9.84 Å². The fourth-order valence-electron chi connectivity index (χ4n) is 3.65. The summed E-state index contributed by atoms with van der Waals surface area (Å²) in [5, 5.41) is 21.6. The second-order valence-electron chi connectivity index (χ2n) is 7.78. The number of aromatic nitrogens is 1. The van der Waals surface area contributed by atoms with Crippen LogP contribution in [0.1, 0.15) is 18.1 Å². The van der Waals surface area contributed by atoms with E-state index in [9.17, 15) is 36.6 Å². The minimum atomic E-state index is -4.67. The number of phenolic OH excluding ortho intramolecular Hbond substituents is 1. The maximum Gasteiger partial charge on any atom is 0.416 e. The number of rotatable bonds is 5. The summed E-state index contributed by atoms with van der Waals surface area (Å²) in [5.41, 5.74) is -2.12. The van der Waals surface area contributed by atoms with E-state index in [0.717, 1.165) is 41.1 Å². The lowest BCUT2D eigenvalue weighted by molar-refractivity contribution is -0.137. The molecule has 3 aromatic carbocycles. The van der Waals surface area contributed by atoms with Crippen molar-refractivity contribution in [1.82, 2.24) is 4.57 Å². The van der Waals surface area contributed by atoms with E-state index in [1.807, 2.05) is 0 Å². The van der Waals surface area contributed by atoms with E-state index in [0.29, 0.717) is 0 Å². The predicted molar refractivity (Wildman–Crippen MR) is 129 cm³/mol. The van der Waals surface area contributed by atoms with Gasteiger partial charge in [-0.3, -0.25) is 9.79 Å². The van der Waals surface area contributed by atoms with Gasteiger partial charge in [0.1, 0.15) is 11.4 Å². The van der Waals surface area contributed by atoms with E-state index in [2.05, 4.69) is 4.99 Å². The summed E-state index contributed by atoms with van der Waals surface area (Å²) in [5.74, 6) is -1.19. The molecule has 0 aliphatic carbocycles. The van der Waals surface area contributed by atoms with Gasteiger partial charge in [-0.05, 0) is 42.5 Å². The monoisotopic (exact) mass is 516 g/mol. The molecular weight excluding hydrogens is 497 g/mol. The number of sulfone groups is 1. The first kappa shape index (κ1) is 25.0. The van der Waals surface area contributed by atoms with Crippen LogP contribution >= 0.6 is 0 Å². The number of hydrogen-bond acceptors (Lipinski definition) is 6. The van der Waals surface area contributed by atoms with Gasteiger partial charge in [0.2, 0.25) is 5.88 Å². The second-order valence-corrected chi connectivity index (χ2v) is 10.1. The first-order valence-electron chi connectivity index (χ1n) is 10.6. The van der Waals surface area contributed by atoms with Crippen molar-refractivity contribution in [3.8, 4) is 17.3 Å². The molecule has 2 N–H and O–H groups in total. The molecule has 1 aromatic heterocycles. The van der Waals surface area contributed by atoms with Gasteiger partial charge in [0, 0.05) is 17.0 Å². The molecule has 0 bridgehead atoms. The molecule has 0 unspecified atom stereocenters. The van der Waals surface area contributed by atoms with Crippen molar-refractivity contribution >= 4 is 32.5 Å². The highest BCUT2D eigenvalue weighted by Crippen LogP contribution is 2.33. The zero-order chi connectivity index (χ0) is 26.3. The maximum absolute atomic E-state index is 13.3.